The monoisotopic (exact) mass is 246 g/mol. The molecule has 0 fully saturated rings. The summed E-state index contributed by atoms with van der Waals surface area (Å²) in [5.74, 6) is 0.00512. The summed E-state index contributed by atoms with van der Waals surface area (Å²) < 4.78 is 3.91. The molecule has 1 aromatic heterocycles. The minimum absolute atomic E-state index is 0.00512. The molecule has 0 aliphatic heterocycles. The van der Waals surface area contributed by atoms with Gasteiger partial charge in [-0.05, 0) is 11.5 Å². The van der Waals surface area contributed by atoms with Gasteiger partial charge in [-0.2, -0.15) is 0 Å². The second kappa shape index (κ2) is 4.37. The highest BCUT2D eigenvalue weighted by molar-refractivity contribution is 7.08. The van der Waals surface area contributed by atoms with Crippen LogP contribution in [0.25, 0.3) is 0 Å². The molecule has 17 heavy (non-hydrogen) atoms. The quantitative estimate of drug-likeness (QED) is 0.765. The van der Waals surface area contributed by atoms with Gasteiger partial charge in [-0.3, -0.25) is 4.79 Å². The van der Waals surface area contributed by atoms with E-state index in [2.05, 4.69) is 9.59 Å². The molecule has 0 amide bonds. The van der Waals surface area contributed by atoms with E-state index in [1.54, 1.807) is 0 Å². The number of hydrogen-bond acceptors (Lipinski definition) is 4. The first kappa shape index (κ1) is 11.9. The van der Waals surface area contributed by atoms with Gasteiger partial charge in [0.15, 0.2) is 0 Å². The van der Waals surface area contributed by atoms with Gasteiger partial charge in [-0.25, -0.2) is 0 Å². The molecule has 3 nitrogen and oxygen atoms in total. The van der Waals surface area contributed by atoms with Crippen LogP contribution in [0, 0.1) is 0 Å². The van der Waals surface area contributed by atoms with Crippen LogP contribution in [0.1, 0.15) is 41.7 Å². The topological polar surface area (TPSA) is 42.9 Å². The molecule has 0 aliphatic carbocycles. The normalized spacial score (nSPS) is 11.5. The van der Waals surface area contributed by atoms with E-state index >= 15 is 0 Å². The summed E-state index contributed by atoms with van der Waals surface area (Å²) in [4.78, 5) is 12.9. The van der Waals surface area contributed by atoms with Crippen LogP contribution >= 0.6 is 11.5 Å². The Balaban J connectivity index is 2.43. The maximum Gasteiger partial charge on any atom is 0.206 e. The van der Waals surface area contributed by atoms with Crippen LogP contribution in [-0.2, 0) is 5.41 Å². The first-order valence-corrected chi connectivity index (χ1v) is 6.20. The van der Waals surface area contributed by atoms with E-state index in [4.69, 9.17) is 0 Å². The second-order valence-electron chi connectivity index (χ2n) is 4.90. The van der Waals surface area contributed by atoms with Crippen molar-refractivity contribution in [2.75, 3.05) is 0 Å². The number of aromatic nitrogens is 2. The Morgan fingerprint density at radius 2 is 1.82 bits per heavy atom. The lowest BCUT2D eigenvalue weighted by Crippen LogP contribution is -2.16. The predicted octanol–water partition coefficient (Wildman–Crippen LogP) is 3.07. The van der Waals surface area contributed by atoms with Crippen molar-refractivity contribution < 1.29 is 4.79 Å². The number of ketones is 1. The first-order valence-electron chi connectivity index (χ1n) is 5.43. The largest absolute Gasteiger partial charge is 0.288 e. The number of nitrogens with zero attached hydrogens (tertiary/aromatic N) is 2. The highest BCUT2D eigenvalue weighted by Gasteiger charge is 2.26. The van der Waals surface area contributed by atoms with Crippen LogP contribution in [0.15, 0.2) is 30.3 Å². The van der Waals surface area contributed by atoms with Gasteiger partial charge in [-0.1, -0.05) is 55.6 Å². The molecule has 2 rings (SSSR count). The van der Waals surface area contributed by atoms with Crippen molar-refractivity contribution in [3.8, 4) is 0 Å². The van der Waals surface area contributed by atoms with Crippen LogP contribution in [-0.4, -0.2) is 15.4 Å². The molecule has 0 atom stereocenters. The van der Waals surface area contributed by atoms with Gasteiger partial charge in [0.1, 0.15) is 4.88 Å². The van der Waals surface area contributed by atoms with Gasteiger partial charge in [0.2, 0.25) is 5.78 Å². The van der Waals surface area contributed by atoms with Crippen molar-refractivity contribution in [3.05, 3.63) is 46.5 Å². The molecule has 0 spiro atoms. The average Bonchev–Trinajstić information content (AvgIpc) is 2.78. The lowest BCUT2D eigenvalue weighted by molar-refractivity contribution is 0.104. The second-order valence-corrected chi connectivity index (χ2v) is 5.65. The third kappa shape index (κ3) is 2.42. The van der Waals surface area contributed by atoms with E-state index in [9.17, 15) is 4.79 Å². The van der Waals surface area contributed by atoms with Crippen molar-refractivity contribution in [2.45, 2.75) is 26.2 Å². The first-order chi connectivity index (χ1) is 8.00. The highest BCUT2D eigenvalue weighted by atomic mass is 32.1. The molecule has 0 unspecified atom stereocenters. The SMILES string of the molecule is CC(C)(C)c1nnsc1C(=O)c1ccccc1. The molecular weight excluding hydrogens is 232 g/mol. The van der Waals surface area contributed by atoms with Gasteiger partial charge >= 0.3 is 0 Å². The zero-order chi connectivity index (χ0) is 12.5. The Bertz CT molecular complexity index is 526. The summed E-state index contributed by atoms with van der Waals surface area (Å²) in [5, 5.41) is 4.08. The highest BCUT2D eigenvalue weighted by Crippen LogP contribution is 2.27. The Hall–Kier alpha value is -1.55. The lowest BCUT2D eigenvalue weighted by atomic mass is 9.90. The average molecular weight is 246 g/mol. The number of hydrogen-bond donors (Lipinski definition) is 0. The third-order valence-electron chi connectivity index (χ3n) is 2.44. The van der Waals surface area contributed by atoms with Crippen LogP contribution < -0.4 is 0 Å². The summed E-state index contributed by atoms with van der Waals surface area (Å²) in [5.41, 5.74) is 1.30. The standard InChI is InChI=1S/C13H14N2OS/c1-13(2,3)12-11(17-15-14-12)10(16)9-7-5-4-6-8-9/h4-8H,1-3H3. The van der Waals surface area contributed by atoms with Gasteiger partial charge in [0, 0.05) is 11.0 Å². The molecule has 4 heteroatoms. The van der Waals surface area contributed by atoms with Crippen molar-refractivity contribution in [2.24, 2.45) is 0 Å². The van der Waals surface area contributed by atoms with Gasteiger partial charge in [-0.15, -0.1) is 5.10 Å². The summed E-state index contributed by atoms with van der Waals surface area (Å²) >= 11 is 1.17. The molecule has 2 aromatic rings. The minimum Gasteiger partial charge on any atom is -0.288 e. The maximum absolute atomic E-state index is 12.3. The molecule has 0 saturated carbocycles. The lowest BCUT2D eigenvalue weighted by Gasteiger charge is -2.15. The number of benzene rings is 1. The predicted molar refractivity (Wildman–Crippen MR) is 68.5 cm³/mol. The minimum atomic E-state index is -0.160. The van der Waals surface area contributed by atoms with E-state index in [0.717, 1.165) is 5.69 Å². The molecule has 0 saturated heterocycles. The Morgan fingerprint density at radius 3 is 2.41 bits per heavy atom. The maximum atomic E-state index is 12.3. The zero-order valence-corrected chi connectivity index (χ0v) is 10.9. The molecular formula is C13H14N2OS. The van der Waals surface area contributed by atoms with Crippen LogP contribution in [0.5, 0.6) is 0 Å². The van der Waals surface area contributed by atoms with Crippen molar-refractivity contribution in [3.63, 3.8) is 0 Å². The molecule has 0 N–H and O–H groups in total. The molecule has 1 aromatic carbocycles. The van der Waals surface area contributed by atoms with E-state index in [1.807, 2.05) is 51.1 Å². The number of carbonyl (C=O) groups is 1. The summed E-state index contributed by atoms with van der Waals surface area (Å²) in [6.07, 6.45) is 0. The Morgan fingerprint density at radius 1 is 1.18 bits per heavy atom. The molecule has 0 radical (unpaired) electrons. The van der Waals surface area contributed by atoms with E-state index in [-0.39, 0.29) is 11.2 Å². The third-order valence-corrected chi connectivity index (χ3v) is 3.17. The van der Waals surface area contributed by atoms with E-state index in [1.165, 1.54) is 11.5 Å². The number of carbonyl (C=O) groups excluding carboxylic acids is 1. The van der Waals surface area contributed by atoms with E-state index < -0.39 is 0 Å². The van der Waals surface area contributed by atoms with Crippen LogP contribution in [0.4, 0.5) is 0 Å². The zero-order valence-electron chi connectivity index (χ0n) is 10.1. The fourth-order valence-electron chi connectivity index (χ4n) is 1.55. The Kier molecular flexibility index (Phi) is 3.07. The van der Waals surface area contributed by atoms with Crippen LogP contribution in [0.2, 0.25) is 0 Å². The molecule has 0 aliphatic rings. The van der Waals surface area contributed by atoms with Gasteiger partial charge < -0.3 is 0 Å². The smallest absolute Gasteiger partial charge is 0.206 e. The Labute approximate surface area is 105 Å². The van der Waals surface area contributed by atoms with Gasteiger partial charge in [0.05, 0.1) is 5.69 Å². The summed E-state index contributed by atoms with van der Waals surface area (Å²) in [7, 11) is 0. The summed E-state index contributed by atoms with van der Waals surface area (Å²) in [6.45, 7) is 6.10. The fraction of sp³-hybridized carbons (Fsp3) is 0.308. The molecule has 1 heterocycles. The van der Waals surface area contributed by atoms with Gasteiger partial charge in [0.25, 0.3) is 0 Å². The van der Waals surface area contributed by atoms with Crippen molar-refractivity contribution >= 4 is 17.3 Å². The van der Waals surface area contributed by atoms with Crippen molar-refractivity contribution in [1.29, 1.82) is 0 Å². The van der Waals surface area contributed by atoms with Crippen molar-refractivity contribution in [1.82, 2.24) is 9.59 Å². The molecule has 0 bridgehead atoms. The molecule has 88 valence electrons. The van der Waals surface area contributed by atoms with Crippen LogP contribution in [0.3, 0.4) is 0 Å². The fourth-order valence-corrected chi connectivity index (χ4v) is 2.39. The number of rotatable bonds is 2. The summed E-state index contributed by atoms with van der Waals surface area (Å²) in [6, 6.07) is 9.24. The van der Waals surface area contributed by atoms with E-state index in [0.29, 0.717) is 10.4 Å².